The number of unbranched alkanes of at least 4 members (excludes halogenated alkanes) is 14. The molecule has 0 aliphatic carbocycles. The fourth-order valence-corrected chi connectivity index (χ4v) is 2.82. The number of carbonyl (C=O) groups is 1. The molecule has 9 nitrogen and oxygen atoms in total. The van der Waals surface area contributed by atoms with Gasteiger partial charge in [-0.3, -0.25) is 4.79 Å². The van der Waals surface area contributed by atoms with Crippen LogP contribution in [0.4, 0.5) is 0 Å². The van der Waals surface area contributed by atoms with Crippen LogP contribution in [0.2, 0.25) is 0 Å². The van der Waals surface area contributed by atoms with Crippen molar-refractivity contribution in [3.63, 3.8) is 0 Å². The molecular weight excluding hydrogens is 360 g/mol. The van der Waals surface area contributed by atoms with Crippen LogP contribution in [0.3, 0.4) is 0 Å². The van der Waals surface area contributed by atoms with Crippen LogP contribution < -0.4 is 0 Å². The Morgan fingerprint density at radius 2 is 0.963 bits per heavy atom. The maximum Gasteiger partial charge on any atom is 0.303 e. The molecule has 9 heteroatoms. The molecule has 162 valence electrons. The molecule has 0 saturated carbocycles. The van der Waals surface area contributed by atoms with Crippen molar-refractivity contribution in [2.24, 2.45) is 0 Å². The van der Waals surface area contributed by atoms with Gasteiger partial charge in [-0.1, -0.05) is 83.5 Å². The van der Waals surface area contributed by atoms with Gasteiger partial charge in [-0.15, -0.1) is 0 Å². The molecule has 0 aliphatic heterocycles. The van der Waals surface area contributed by atoms with Gasteiger partial charge < -0.3 is 5.11 Å². The van der Waals surface area contributed by atoms with E-state index in [2.05, 4.69) is 30.1 Å². The second-order valence-corrected chi connectivity index (χ2v) is 6.62. The lowest BCUT2D eigenvalue weighted by atomic mass is 10.0. The zero-order chi connectivity index (χ0) is 19.8. The first-order valence-corrected chi connectivity index (χ1v) is 10.1. The number of hydrogen-bond donors (Lipinski definition) is 2. The van der Waals surface area contributed by atoms with E-state index in [0.717, 1.165) is 25.7 Å². The first-order valence-electron chi connectivity index (χ1n) is 10.1. The molecule has 27 heavy (non-hydrogen) atoms. The Morgan fingerprint density at radius 1 is 0.556 bits per heavy atom. The van der Waals surface area contributed by atoms with Crippen molar-refractivity contribution in [1.29, 1.82) is 0 Å². The molecule has 0 fully saturated rings. The van der Waals surface area contributed by atoms with Gasteiger partial charge >= 0.3 is 5.97 Å². The number of aliphatic carboxylic acids is 1. The normalized spacial score (nSPS) is 11.1. The Morgan fingerprint density at radius 3 is 1.41 bits per heavy atom. The molecule has 0 aromatic heterocycles. The third-order valence-corrected chi connectivity index (χ3v) is 4.28. The Labute approximate surface area is 161 Å². The summed E-state index contributed by atoms with van der Waals surface area (Å²) in [4.78, 5) is 15.0. The monoisotopic (exact) mass is 396 g/mol. The number of rotatable bonds is 23. The van der Waals surface area contributed by atoms with Gasteiger partial charge in [0.1, 0.15) is 0 Å². The van der Waals surface area contributed by atoms with Crippen molar-refractivity contribution in [3.05, 3.63) is 0 Å². The van der Waals surface area contributed by atoms with Crippen molar-refractivity contribution < 1.29 is 45.2 Å². The van der Waals surface area contributed by atoms with Crippen LogP contribution in [0.5, 0.6) is 0 Å². The molecule has 2 N–H and O–H groups in total. The summed E-state index contributed by atoms with van der Waals surface area (Å²) < 4.78 is 0. The van der Waals surface area contributed by atoms with Crippen molar-refractivity contribution in [1.82, 2.24) is 0 Å². The van der Waals surface area contributed by atoms with E-state index in [1.165, 1.54) is 70.6 Å². The molecule has 0 unspecified atom stereocenters. The van der Waals surface area contributed by atoms with Gasteiger partial charge in [-0.2, -0.15) is 0 Å². The second kappa shape index (κ2) is 23.2. The van der Waals surface area contributed by atoms with Crippen LogP contribution in [0, 0.1) is 0 Å². The summed E-state index contributed by atoms with van der Waals surface area (Å²) >= 11 is 0. The van der Waals surface area contributed by atoms with E-state index < -0.39 is 5.97 Å². The summed E-state index contributed by atoms with van der Waals surface area (Å²) in [7, 11) is 0. The summed E-state index contributed by atoms with van der Waals surface area (Å²) in [5, 5.41) is 34.5. The molecule has 0 spiro atoms. The van der Waals surface area contributed by atoms with Gasteiger partial charge in [0.25, 0.3) is 0 Å². The van der Waals surface area contributed by atoms with Crippen molar-refractivity contribution in [2.75, 3.05) is 6.61 Å². The van der Waals surface area contributed by atoms with Gasteiger partial charge in [0.05, 0.1) is 6.61 Å². The minimum Gasteiger partial charge on any atom is -0.481 e. The van der Waals surface area contributed by atoms with Gasteiger partial charge in [-0.05, 0) is 38.0 Å². The molecule has 0 radical (unpaired) electrons. The zero-order valence-corrected chi connectivity index (χ0v) is 16.3. The van der Waals surface area contributed by atoms with E-state index in [4.69, 9.17) is 10.4 Å². The maximum absolute atomic E-state index is 10.4. The van der Waals surface area contributed by atoms with Gasteiger partial charge in [0.15, 0.2) is 0 Å². The zero-order valence-electron chi connectivity index (χ0n) is 16.3. The van der Waals surface area contributed by atoms with Crippen LogP contribution >= 0.6 is 0 Å². The van der Waals surface area contributed by atoms with Crippen molar-refractivity contribution in [3.8, 4) is 0 Å². The highest BCUT2D eigenvalue weighted by molar-refractivity contribution is 5.66. The molecule has 0 atom stereocenters. The number of carboxylic acids is 1. The van der Waals surface area contributed by atoms with Crippen LogP contribution in [-0.4, -0.2) is 22.9 Å². The third-order valence-electron chi connectivity index (χ3n) is 4.28. The Kier molecular flexibility index (Phi) is 22.5. The van der Waals surface area contributed by atoms with E-state index in [1.54, 1.807) is 0 Å². The fraction of sp³-hybridized carbons (Fsp3) is 0.944. The van der Waals surface area contributed by atoms with Crippen molar-refractivity contribution in [2.45, 2.75) is 103 Å². The van der Waals surface area contributed by atoms with Gasteiger partial charge in [-0.25, -0.2) is 10.1 Å². The number of hydrogen-bond acceptors (Lipinski definition) is 8. The third kappa shape index (κ3) is 25.2. The predicted octanol–water partition coefficient (Wildman–Crippen LogP) is 5.46. The van der Waals surface area contributed by atoms with E-state index in [0.29, 0.717) is 13.0 Å². The Balaban J connectivity index is 2.98. The highest BCUT2D eigenvalue weighted by Gasteiger charge is 1.98. The largest absolute Gasteiger partial charge is 0.481 e. The summed E-state index contributed by atoms with van der Waals surface area (Å²) in [6.45, 7) is 0.378. The quantitative estimate of drug-likeness (QED) is 0.132. The average Bonchev–Trinajstić information content (AvgIpc) is 2.65. The lowest BCUT2D eigenvalue weighted by molar-refractivity contribution is -0.787. The lowest BCUT2D eigenvalue weighted by Crippen LogP contribution is -2.00. The molecular formula is C18H36O9. The summed E-state index contributed by atoms with van der Waals surface area (Å²) in [5.74, 6) is -0.683. The lowest BCUT2D eigenvalue weighted by Gasteiger charge is -2.03. The number of carboxylic acid groups (broad SMARTS) is 1. The molecule has 0 aromatic carbocycles. The van der Waals surface area contributed by atoms with Gasteiger partial charge in [0.2, 0.25) is 0 Å². The van der Waals surface area contributed by atoms with Crippen LogP contribution in [0.25, 0.3) is 0 Å². The molecule has 0 amide bonds. The van der Waals surface area contributed by atoms with Crippen LogP contribution in [0.1, 0.15) is 103 Å². The molecule has 0 aromatic rings. The summed E-state index contributed by atoms with van der Waals surface area (Å²) in [6.07, 6.45) is 18.0. The molecule has 0 bridgehead atoms. The smallest absolute Gasteiger partial charge is 0.303 e. The standard InChI is InChI=1S/C18H36O9/c19-18(20)16-14-12-10-8-6-4-2-1-3-5-7-9-11-13-15-17-22-24-26-27-25-23-21/h21H,1-17H2,(H,19,20). The summed E-state index contributed by atoms with van der Waals surface area (Å²) in [6, 6.07) is 0. The second-order valence-electron chi connectivity index (χ2n) is 6.62. The molecule has 0 heterocycles. The predicted molar refractivity (Wildman–Crippen MR) is 95.5 cm³/mol. The average molecular weight is 396 g/mol. The topological polar surface area (TPSA) is 113 Å². The van der Waals surface area contributed by atoms with Gasteiger partial charge in [0, 0.05) is 6.42 Å². The first-order chi connectivity index (χ1) is 13.3. The van der Waals surface area contributed by atoms with Crippen LogP contribution in [0.15, 0.2) is 0 Å². The van der Waals surface area contributed by atoms with E-state index in [1.807, 2.05) is 0 Å². The highest BCUT2D eigenvalue weighted by atomic mass is 17.9. The molecule has 0 saturated heterocycles. The van der Waals surface area contributed by atoms with Crippen LogP contribution in [-0.2, 0) is 34.9 Å². The Bertz CT molecular complexity index is 303. The first kappa shape index (κ1) is 26.2. The molecule has 0 rings (SSSR count). The minimum absolute atomic E-state index is 0.310. The SMILES string of the molecule is O=C(O)CCCCCCCCCCCCCCCCCOOOOOOO. The van der Waals surface area contributed by atoms with E-state index >= 15 is 0 Å². The minimum atomic E-state index is -0.683. The fourth-order valence-electron chi connectivity index (χ4n) is 2.82. The van der Waals surface area contributed by atoms with E-state index in [-0.39, 0.29) is 0 Å². The summed E-state index contributed by atoms with van der Waals surface area (Å²) in [5.41, 5.74) is 0. The Hall–Kier alpha value is -0.810. The highest BCUT2D eigenvalue weighted by Crippen LogP contribution is 2.13. The van der Waals surface area contributed by atoms with Crippen molar-refractivity contribution >= 4 is 5.97 Å². The molecule has 0 aliphatic rings. The maximum atomic E-state index is 10.4. The van der Waals surface area contributed by atoms with E-state index in [9.17, 15) is 4.79 Å².